The summed E-state index contributed by atoms with van der Waals surface area (Å²) in [6.45, 7) is 12.8. The quantitative estimate of drug-likeness (QED) is 0.255. The number of allylic oxidation sites excluding steroid dienone is 10. The second-order valence-corrected chi connectivity index (χ2v) is 9.99. The van der Waals surface area contributed by atoms with Gasteiger partial charge in [0.2, 0.25) is 0 Å². The molecule has 0 spiro atoms. The number of imidazole rings is 1. The highest BCUT2D eigenvalue weighted by atomic mass is 35.5. The first-order valence-electron chi connectivity index (χ1n) is 12.3. The second kappa shape index (κ2) is 14.4. The van der Waals surface area contributed by atoms with Gasteiger partial charge in [0, 0.05) is 72.3 Å². The first-order chi connectivity index (χ1) is 17.9. The highest BCUT2D eigenvalue weighted by Gasteiger charge is 2.20. The van der Waals surface area contributed by atoms with Crippen molar-refractivity contribution in [2.45, 2.75) is 26.8 Å². The zero-order chi connectivity index (χ0) is 26.8. The normalized spacial score (nSPS) is 17.0. The van der Waals surface area contributed by atoms with Crippen LogP contribution in [0.1, 0.15) is 31.8 Å². The maximum Gasteiger partial charge on any atom is 0.144 e. The van der Waals surface area contributed by atoms with E-state index < -0.39 is 0 Å². The van der Waals surface area contributed by atoms with E-state index in [0.29, 0.717) is 10.1 Å². The van der Waals surface area contributed by atoms with Crippen molar-refractivity contribution >= 4 is 40.4 Å². The van der Waals surface area contributed by atoms with E-state index in [2.05, 4.69) is 70.0 Å². The van der Waals surface area contributed by atoms with Crippen LogP contribution < -0.4 is 0 Å². The molecule has 0 amide bonds. The summed E-state index contributed by atoms with van der Waals surface area (Å²) < 4.78 is 2.10. The number of hydrogen-bond acceptors (Lipinski definition) is 3. The molecule has 1 fully saturated rings. The minimum absolute atomic E-state index is 0.705. The lowest BCUT2D eigenvalue weighted by Crippen LogP contribution is -2.45. The van der Waals surface area contributed by atoms with Gasteiger partial charge in [-0.1, -0.05) is 59.7 Å². The van der Waals surface area contributed by atoms with Gasteiger partial charge in [0.25, 0.3) is 0 Å². The van der Waals surface area contributed by atoms with Crippen molar-refractivity contribution < 1.29 is 0 Å². The number of halogens is 3. The molecule has 1 aliphatic carbocycles. The summed E-state index contributed by atoms with van der Waals surface area (Å²) in [4.78, 5) is 9.96. The SMILES string of the molecule is C=C/C(=C\C=C(/C)Cl)c1nc(CN2CCN(C3=CC=C(C)CC=C3)CC2)cn1-c1ccc(Cl)cc1.CCl. The number of alkyl halides is 1. The molecule has 1 aromatic carbocycles. The molecule has 0 N–H and O–H groups in total. The lowest BCUT2D eigenvalue weighted by atomic mass is 10.2. The van der Waals surface area contributed by atoms with Crippen LogP contribution in [0.3, 0.4) is 0 Å². The van der Waals surface area contributed by atoms with Crippen LogP contribution in [-0.2, 0) is 6.54 Å². The molecule has 0 unspecified atom stereocenters. The van der Waals surface area contributed by atoms with Crippen molar-refractivity contribution in [3.8, 4) is 5.69 Å². The summed E-state index contributed by atoms with van der Waals surface area (Å²) in [6.07, 6.45) is 19.2. The van der Waals surface area contributed by atoms with E-state index in [1.807, 2.05) is 49.4 Å². The lowest BCUT2D eigenvalue weighted by Gasteiger charge is -2.36. The van der Waals surface area contributed by atoms with E-state index in [-0.39, 0.29) is 0 Å². The van der Waals surface area contributed by atoms with Crippen LogP contribution in [0.25, 0.3) is 11.3 Å². The van der Waals surface area contributed by atoms with Gasteiger partial charge in [-0.15, -0.1) is 11.6 Å². The minimum Gasteiger partial charge on any atom is -0.369 e. The predicted molar refractivity (Wildman–Crippen MR) is 161 cm³/mol. The number of aromatic nitrogens is 2. The molecule has 2 aliphatic rings. The zero-order valence-corrected chi connectivity index (χ0v) is 24.1. The Balaban J connectivity index is 0.00000186. The third kappa shape index (κ3) is 8.24. The van der Waals surface area contributed by atoms with Gasteiger partial charge in [-0.3, -0.25) is 9.47 Å². The van der Waals surface area contributed by atoms with Gasteiger partial charge >= 0.3 is 0 Å². The highest BCUT2D eigenvalue weighted by Crippen LogP contribution is 2.24. The van der Waals surface area contributed by atoms with Gasteiger partial charge in [-0.05, 0) is 62.8 Å². The van der Waals surface area contributed by atoms with Crippen molar-refractivity contribution in [1.82, 2.24) is 19.4 Å². The van der Waals surface area contributed by atoms with Crippen LogP contribution in [0.5, 0.6) is 0 Å². The van der Waals surface area contributed by atoms with Gasteiger partial charge < -0.3 is 4.90 Å². The smallest absolute Gasteiger partial charge is 0.144 e. The average Bonchev–Trinajstić information content (AvgIpc) is 3.18. The Morgan fingerprint density at radius 1 is 1.05 bits per heavy atom. The summed E-state index contributed by atoms with van der Waals surface area (Å²) in [5.74, 6) is 0.834. The Labute approximate surface area is 236 Å². The molecule has 2 aromatic rings. The van der Waals surface area contributed by atoms with Crippen LogP contribution in [0.4, 0.5) is 0 Å². The molecule has 1 aliphatic heterocycles. The van der Waals surface area contributed by atoms with Crippen molar-refractivity contribution in [3.05, 3.63) is 112 Å². The van der Waals surface area contributed by atoms with Crippen molar-refractivity contribution in [1.29, 1.82) is 0 Å². The summed E-state index contributed by atoms with van der Waals surface area (Å²) >= 11 is 16.9. The molecule has 37 heavy (non-hydrogen) atoms. The fourth-order valence-electron chi connectivity index (χ4n) is 4.27. The summed E-state index contributed by atoms with van der Waals surface area (Å²) in [7, 11) is 0. The second-order valence-electron chi connectivity index (χ2n) is 8.96. The van der Waals surface area contributed by atoms with Gasteiger partial charge in [-0.2, -0.15) is 0 Å². The van der Waals surface area contributed by atoms with Crippen molar-refractivity contribution in [2.24, 2.45) is 0 Å². The molecule has 4 rings (SSSR count). The molecular weight excluding hydrogens is 523 g/mol. The maximum atomic E-state index is 6.13. The Morgan fingerprint density at radius 3 is 2.41 bits per heavy atom. The monoisotopic (exact) mass is 556 g/mol. The number of nitrogens with zero attached hydrogens (tertiary/aromatic N) is 4. The van der Waals surface area contributed by atoms with E-state index in [1.54, 1.807) is 0 Å². The summed E-state index contributed by atoms with van der Waals surface area (Å²) in [5, 5.41) is 1.41. The Morgan fingerprint density at radius 2 is 1.76 bits per heavy atom. The molecule has 7 heteroatoms. The average molecular weight is 558 g/mol. The zero-order valence-electron chi connectivity index (χ0n) is 21.8. The molecule has 0 bridgehead atoms. The highest BCUT2D eigenvalue weighted by molar-refractivity contribution is 6.30. The van der Waals surface area contributed by atoms with Crippen LogP contribution in [0.2, 0.25) is 5.02 Å². The Bertz CT molecular complexity index is 1200. The van der Waals surface area contributed by atoms with Gasteiger partial charge in [-0.25, -0.2) is 4.98 Å². The molecule has 4 nitrogen and oxygen atoms in total. The Kier molecular flexibility index (Phi) is 11.3. The van der Waals surface area contributed by atoms with Crippen LogP contribution >= 0.6 is 34.8 Å². The molecule has 196 valence electrons. The first-order valence-corrected chi connectivity index (χ1v) is 13.8. The van der Waals surface area contributed by atoms with Crippen molar-refractivity contribution in [2.75, 3.05) is 32.6 Å². The van der Waals surface area contributed by atoms with Crippen molar-refractivity contribution in [3.63, 3.8) is 0 Å². The van der Waals surface area contributed by atoms with E-state index in [9.17, 15) is 0 Å². The van der Waals surface area contributed by atoms with E-state index in [1.165, 1.54) is 17.7 Å². The molecule has 2 heterocycles. The largest absolute Gasteiger partial charge is 0.369 e. The number of piperazine rings is 1. The predicted octanol–water partition coefficient (Wildman–Crippen LogP) is 8.00. The fourth-order valence-corrected chi connectivity index (χ4v) is 4.46. The van der Waals surface area contributed by atoms with Gasteiger partial charge in [0.1, 0.15) is 5.82 Å². The molecule has 0 atom stereocenters. The topological polar surface area (TPSA) is 24.3 Å². The number of benzene rings is 1. The third-order valence-electron chi connectivity index (χ3n) is 6.22. The van der Waals surface area contributed by atoms with Crippen LogP contribution in [-0.4, -0.2) is 51.9 Å². The summed E-state index contributed by atoms with van der Waals surface area (Å²) in [5.41, 5.74) is 5.63. The van der Waals surface area contributed by atoms with E-state index >= 15 is 0 Å². The summed E-state index contributed by atoms with van der Waals surface area (Å²) in [6, 6.07) is 7.80. The minimum atomic E-state index is 0.705. The maximum absolute atomic E-state index is 6.13. The molecular formula is C30H35Cl3N4. The van der Waals surface area contributed by atoms with E-state index in [4.69, 9.17) is 28.2 Å². The Hall–Kier alpha value is -2.50. The molecule has 0 saturated carbocycles. The molecule has 1 saturated heterocycles. The lowest BCUT2D eigenvalue weighted by molar-refractivity contribution is 0.154. The number of hydrogen-bond donors (Lipinski definition) is 0. The number of rotatable bonds is 7. The van der Waals surface area contributed by atoms with Crippen LogP contribution in [0, 0.1) is 0 Å². The molecule has 0 radical (unpaired) electrons. The third-order valence-corrected chi connectivity index (χ3v) is 6.60. The fraction of sp³-hybridized carbons (Fsp3) is 0.300. The van der Waals surface area contributed by atoms with E-state index in [0.717, 1.165) is 61.9 Å². The van der Waals surface area contributed by atoms with Crippen LogP contribution in [0.15, 0.2) is 95.9 Å². The first kappa shape index (κ1) is 29.1. The van der Waals surface area contributed by atoms with Gasteiger partial charge in [0.15, 0.2) is 0 Å². The molecule has 1 aromatic heterocycles. The van der Waals surface area contributed by atoms with Gasteiger partial charge in [0.05, 0.1) is 5.69 Å². The standard InChI is InChI=1S/C29H32Cl2N4.CH3Cl/c1-4-24(10-9-23(3)30)29-32-26(21-35(29)28-14-11-25(31)12-15-28)20-33-16-18-34(19-17-33)27-7-5-6-22(2)8-13-27;1-2/h4-5,7-15,21H,1,6,16-20H2,2-3H3;1H3/b23-9+,24-10+;.